The first-order chi connectivity index (χ1) is 13.7. The van der Waals surface area contributed by atoms with Crippen molar-refractivity contribution < 1.29 is 9.67 Å². The number of aromatic nitrogens is 2. The first kappa shape index (κ1) is 17.7. The molecule has 1 heterocycles. The summed E-state index contributed by atoms with van der Waals surface area (Å²) in [5.74, 6) is 0.612. The predicted octanol–water partition coefficient (Wildman–Crippen LogP) is 3.72. The van der Waals surface area contributed by atoms with E-state index in [1.165, 1.54) is 0 Å². The Morgan fingerprint density at radius 3 is 1.96 bits per heavy atom. The molecule has 0 aliphatic heterocycles. The lowest BCUT2D eigenvalue weighted by molar-refractivity contribution is -0.616. The zero-order valence-electron chi connectivity index (χ0n) is 15.6. The molecule has 0 radical (unpaired) electrons. The molecule has 0 unspecified atom stereocenters. The zero-order chi connectivity index (χ0) is 19.5. The van der Waals surface area contributed by atoms with Crippen molar-refractivity contribution in [2.75, 3.05) is 0 Å². The highest BCUT2D eigenvalue weighted by atomic mass is 16.3. The second-order valence-electron chi connectivity index (χ2n) is 6.66. The lowest BCUT2D eigenvalue weighted by Crippen LogP contribution is -2.44. The highest BCUT2D eigenvalue weighted by molar-refractivity contribution is 5.37. The van der Waals surface area contributed by atoms with Gasteiger partial charge in [-0.25, -0.2) is 4.79 Å². The number of hydrogen-bond acceptors (Lipinski definition) is 2. The molecule has 4 heteroatoms. The van der Waals surface area contributed by atoms with E-state index in [4.69, 9.17) is 0 Å². The van der Waals surface area contributed by atoms with E-state index in [2.05, 4.69) is 0 Å². The Morgan fingerprint density at radius 1 is 0.821 bits per heavy atom. The van der Waals surface area contributed by atoms with Gasteiger partial charge in [-0.3, -0.25) is 0 Å². The van der Waals surface area contributed by atoms with E-state index < -0.39 is 0 Å². The van der Waals surface area contributed by atoms with Crippen LogP contribution in [-0.2, 0) is 6.42 Å². The third kappa shape index (κ3) is 3.21. The van der Waals surface area contributed by atoms with Crippen LogP contribution in [0.1, 0.15) is 17.0 Å². The van der Waals surface area contributed by atoms with Crippen molar-refractivity contribution in [3.63, 3.8) is 0 Å². The summed E-state index contributed by atoms with van der Waals surface area (Å²) >= 11 is 0. The fraction of sp³-hybridized carbons (Fsp3) is 0.0833. The topological polar surface area (TPSA) is 46.1 Å². The normalized spacial score (nSPS) is 10.8. The standard InChI is InChI=1S/C24H20N2O2/c1-18-25(20-13-7-3-8-14-20)23(27)22(17-19-11-5-2-6-12-19)24(28)26(18)21-15-9-4-10-16-21/h2-16H,17H2,1H3/p+1. The van der Waals surface area contributed by atoms with E-state index in [9.17, 15) is 9.90 Å². The van der Waals surface area contributed by atoms with Crippen LogP contribution in [0.25, 0.3) is 11.4 Å². The van der Waals surface area contributed by atoms with Gasteiger partial charge >= 0.3 is 5.56 Å². The average Bonchev–Trinajstić information content (AvgIpc) is 2.74. The molecule has 4 rings (SSSR count). The molecule has 138 valence electrons. The van der Waals surface area contributed by atoms with E-state index in [1.807, 2.05) is 97.9 Å². The molecule has 28 heavy (non-hydrogen) atoms. The van der Waals surface area contributed by atoms with Crippen molar-refractivity contribution in [3.8, 4) is 17.3 Å². The summed E-state index contributed by atoms with van der Waals surface area (Å²) in [5.41, 5.74) is 2.69. The molecule has 0 atom stereocenters. The predicted molar refractivity (Wildman–Crippen MR) is 109 cm³/mol. The van der Waals surface area contributed by atoms with Gasteiger partial charge in [0, 0.05) is 13.3 Å². The van der Waals surface area contributed by atoms with Crippen LogP contribution in [0.4, 0.5) is 0 Å². The number of aromatic hydroxyl groups is 1. The van der Waals surface area contributed by atoms with Gasteiger partial charge in [-0.1, -0.05) is 66.7 Å². The van der Waals surface area contributed by atoms with Gasteiger partial charge in [0.1, 0.15) is 16.9 Å². The molecular formula is C24H21N2O2+. The third-order valence-corrected chi connectivity index (χ3v) is 4.84. The van der Waals surface area contributed by atoms with Crippen molar-refractivity contribution >= 4 is 0 Å². The van der Waals surface area contributed by atoms with Gasteiger partial charge in [0.15, 0.2) is 0 Å². The van der Waals surface area contributed by atoms with E-state index >= 15 is 0 Å². The molecule has 1 N–H and O–H groups in total. The highest BCUT2D eigenvalue weighted by Crippen LogP contribution is 2.18. The molecule has 0 saturated carbocycles. The van der Waals surface area contributed by atoms with Crippen LogP contribution < -0.4 is 10.1 Å². The Morgan fingerprint density at radius 2 is 1.36 bits per heavy atom. The average molecular weight is 369 g/mol. The molecule has 0 bridgehead atoms. The third-order valence-electron chi connectivity index (χ3n) is 4.84. The van der Waals surface area contributed by atoms with E-state index in [0.717, 1.165) is 16.9 Å². The van der Waals surface area contributed by atoms with E-state index in [-0.39, 0.29) is 11.4 Å². The maximum Gasteiger partial charge on any atom is 0.350 e. The van der Waals surface area contributed by atoms with E-state index in [1.54, 1.807) is 9.13 Å². The highest BCUT2D eigenvalue weighted by Gasteiger charge is 2.28. The molecular weight excluding hydrogens is 348 g/mol. The summed E-state index contributed by atoms with van der Waals surface area (Å²) in [5, 5.41) is 11.1. The molecule has 4 nitrogen and oxygen atoms in total. The smallest absolute Gasteiger partial charge is 0.350 e. The molecule has 4 aromatic rings. The quantitative estimate of drug-likeness (QED) is 0.557. The van der Waals surface area contributed by atoms with Crippen LogP contribution in [-0.4, -0.2) is 9.67 Å². The van der Waals surface area contributed by atoms with Crippen LogP contribution in [0, 0.1) is 6.92 Å². The number of nitrogens with zero attached hydrogens (tertiary/aromatic N) is 2. The first-order valence-electron chi connectivity index (χ1n) is 9.21. The van der Waals surface area contributed by atoms with Crippen molar-refractivity contribution in [1.82, 2.24) is 4.57 Å². The lowest BCUT2D eigenvalue weighted by atomic mass is 10.1. The van der Waals surface area contributed by atoms with Gasteiger partial charge in [0.2, 0.25) is 0 Å². The molecule has 1 aromatic heterocycles. The Bertz CT molecular complexity index is 1150. The van der Waals surface area contributed by atoms with E-state index in [0.29, 0.717) is 17.8 Å². The molecule has 0 amide bonds. The second kappa shape index (κ2) is 7.53. The van der Waals surface area contributed by atoms with Crippen molar-refractivity contribution in [2.45, 2.75) is 13.3 Å². The SMILES string of the molecule is Cc1n(-c2ccccc2)c(=O)c(Cc2ccccc2)c(O)[n+]1-c1ccccc1. The van der Waals surface area contributed by atoms with Crippen molar-refractivity contribution in [1.29, 1.82) is 0 Å². The van der Waals surface area contributed by atoms with Crippen LogP contribution in [0.2, 0.25) is 0 Å². The van der Waals surface area contributed by atoms with Gasteiger partial charge in [-0.05, 0) is 29.8 Å². The number of rotatable bonds is 4. The number of hydrogen-bond donors (Lipinski definition) is 1. The number of para-hydroxylation sites is 2. The minimum absolute atomic E-state index is 0.0234. The van der Waals surface area contributed by atoms with Crippen molar-refractivity contribution in [3.05, 3.63) is 118 Å². The van der Waals surface area contributed by atoms with Crippen LogP contribution in [0.5, 0.6) is 5.88 Å². The first-order valence-corrected chi connectivity index (χ1v) is 9.21. The molecule has 0 spiro atoms. The minimum Gasteiger partial charge on any atom is -0.477 e. The molecule has 0 aliphatic rings. The minimum atomic E-state index is -0.211. The monoisotopic (exact) mass is 369 g/mol. The summed E-state index contributed by atoms with van der Waals surface area (Å²) in [6.45, 7) is 1.84. The largest absolute Gasteiger partial charge is 0.477 e. The number of benzene rings is 3. The molecule has 3 aromatic carbocycles. The van der Waals surface area contributed by atoms with Gasteiger partial charge in [0.05, 0.1) is 0 Å². The van der Waals surface area contributed by atoms with Crippen LogP contribution in [0.3, 0.4) is 0 Å². The molecule has 0 aliphatic carbocycles. The van der Waals surface area contributed by atoms with Gasteiger partial charge in [-0.2, -0.15) is 9.13 Å². The Labute approximate surface area is 163 Å². The summed E-state index contributed by atoms with van der Waals surface area (Å²) in [4.78, 5) is 13.4. The summed E-state index contributed by atoms with van der Waals surface area (Å²) in [7, 11) is 0. The summed E-state index contributed by atoms with van der Waals surface area (Å²) in [6, 6.07) is 28.8. The van der Waals surface area contributed by atoms with Crippen LogP contribution >= 0.6 is 0 Å². The molecule has 0 saturated heterocycles. The second-order valence-corrected chi connectivity index (χ2v) is 6.66. The zero-order valence-corrected chi connectivity index (χ0v) is 15.6. The van der Waals surface area contributed by atoms with Gasteiger partial charge in [0.25, 0.3) is 11.7 Å². The fourth-order valence-electron chi connectivity index (χ4n) is 3.49. The lowest BCUT2D eigenvalue weighted by Gasteiger charge is -2.13. The Hall–Kier alpha value is -3.66. The summed E-state index contributed by atoms with van der Waals surface area (Å²) in [6.07, 6.45) is 0.353. The fourth-order valence-corrected chi connectivity index (χ4v) is 3.49. The van der Waals surface area contributed by atoms with Gasteiger partial charge < -0.3 is 5.11 Å². The molecule has 0 fully saturated rings. The maximum absolute atomic E-state index is 13.4. The Balaban J connectivity index is 2.02. The van der Waals surface area contributed by atoms with Crippen molar-refractivity contribution in [2.24, 2.45) is 0 Å². The maximum atomic E-state index is 13.4. The summed E-state index contributed by atoms with van der Waals surface area (Å²) < 4.78 is 3.39. The van der Waals surface area contributed by atoms with Gasteiger partial charge in [-0.15, -0.1) is 0 Å². The van der Waals surface area contributed by atoms with Crippen LogP contribution in [0.15, 0.2) is 95.8 Å². The Kier molecular flexibility index (Phi) is 4.77.